The van der Waals surface area contributed by atoms with Crippen LogP contribution < -0.4 is 20.1 Å². The van der Waals surface area contributed by atoms with Crippen molar-refractivity contribution in [3.8, 4) is 5.75 Å². The molecular formula is C36H46N4O13S. The number of aryl methyl sites for hydroxylation is 2. The van der Waals surface area contributed by atoms with Crippen molar-refractivity contribution in [2.45, 2.75) is 30.6 Å². The molecule has 2 amide bonds. The molecule has 0 fully saturated rings. The minimum atomic E-state index is -3.92. The fourth-order valence-corrected chi connectivity index (χ4v) is 5.50. The maximum atomic E-state index is 12.9. The van der Waals surface area contributed by atoms with Gasteiger partial charge in [0.2, 0.25) is 5.91 Å². The topological polar surface area (TPSA) is 238 Å². The van der Waals surface area contributed by atoms with Crippen molar-refractivity contribution in [3.05, 3.63) is 83.6 Å². The van der Waals surface area contributed by atoms with Crippen LogP contribution in [0, 0.1) is 0 Å². The number of carboxylic acids is 2. The minimum Gasteiger partial charge on any atom is -0.494 e. The number of carbonyl (C=O) groups is 4. The quantitative estimate of drug-likeness (QED) is 0.0663. The van der Waals surface area contributed by atoms with Gasteiger partial charge in [-0.2, -0.15) is 0 Å². The third kappa shape index (κ3) is 18.1. The van der Waals surface area contributed by atoms with Gasteiger partial charge in [0.05, 0.1) is 56.7 Å². The molecule has 294 valence electrons. The summed E-state index contributed by atoms with van der Waals surface area (Å²) in [6, 6.07) is 16.9. The van der Waals surface area contributed by atoms with E-state index in [4.69, 9.17) is 33.9 Å². The van der Waals surface area contributed by atoms with E-state index in [0.717, 1.165) is 17.5 Å². The number of carbonyl (C=O) groups excluding carboxylic acids is 2. The zero-order valence-electron chi connectivity index (χ0n) is 29.7. The van der Waals surface area contributed by atoms with E-state index in [9.17, 15) is 27.6 Å². The van der Waals surface area contributed by atoms with Gasteiger partial charge < -0.3 is 44.5 Å². The number of hydrogen-bond donors (Lipinski definition) is 5. The van der Waals surface area contributed by atoms with Gasteiger partial charge in [-0.1, -0.05) is 24.3 Å². The maximum absolute atomic E-state index is 12.9. The van der Waals surface area contributed by atoms with E-state index in [0.29, 0.717) is 25.2 Å². The first-order valence-corrected chi connectivity index (χ1v) is 18.6. The minimum absolute atomic E-state index is 0.0513. The summed E-state index contributed by atoms with van der Waals surface area (Å²) in [6.07, 6.45) is 3.18. The number of amides is 2. The molecule has 0 aliphatic rings. The molecule has 0 saturated heterocycles. The van der Waals surface area contributed by atoms with Crippen molar-refractivity contribution >= 4 is 39.6 Å². The van der Waals surface area contributed by atoms with Crippen LogP contribution in [0.25, 0.3) is 0 Å². The summed E-state index contributed by atoms with van der Waals surface area (Å²) in [5, 5.41) is 22.4. The monoisotopic (exact) mass is 774 g/mol. The van der Waals surface area contributed by atoms with Crippen molar-refractivity contribution in [3.63, 3.8) is 0 Å². The van der Waals surface area contributed by atoms with E-state index in [1.165, 1.54) is 30.5 Å². The Labute approximate surface area is 313 Å². The molecule has 3 rings (SSSR count). The highest BCUT2D eigenvalue weighted by molar-refractivity contribution is 7.92. The number of nitrogens with one attached hydrogen (secondary N) is 3. The van der Waals surface area contributed by atoms with Crippen LogP contribution in [-0.2, 0) is 56.2 Å². The first-order valence-electron chi connectivity index (χ1n) is 17.1. The average Bonchev–Trinajstić information content (AvgIpc) is 3.15. The van der Waals surface area contributed by atoms with Gasteiger partial charge in [-0.05, 0) is 66.8 Å². The molecule has 0 radical (unpaired) electrons. The predicted octanol–water partition coefficient (Wildman–Crippen LogP) is 1.91. The normalized spacial score (nSPS) is 11.1. The van der Waals surface area contributed by atoms with Gasteiger partial charge >= 0.3 is 11.9 Å². The van der Waals surface area contributed by atoms with Crippen molar-refractivity contribution < 1.29 is 61.5 Å². The lowest BCUT2D eigenvalue weighted by Crippen LogP contribution is -2.31. The van der Waals surface area contributed by atoms with E-state index in [2.05, 4.69) is 20.3 Å². The van der Waals surface area contributed by atoms with Gasteiger partial charge in [-0.15, -0.1) is 0 Å². The van der Waals surface area contributed by atoms with Crippen molar-refractivity contribution in [1.82, 2.24) is 15.6 Å². The third-order valence-corrected chi connectivity index (χ3v) is 8.60. The zero-order valence-corrected chi connectivity index (χ0v) is 30.5. The zero-order chi connectivity index (χ0) is 39.0. The molecule has 2 aromatic carbocycles. The van der Waals surface area contributed by atoms with Gasteiger partial charge in [-0.25, -0.2) is 18.2 Å². The summed E-state index contributed by atoms with van der Waals surface area (Å²) in [6.45, 7) is 1.39. The van der Waals surface area contributed by atoms with E-state index >= 15 is 0 Å². The highest BCUT2D eigenvalue weighted by Gasteiger charge is 2.16. The number of carboxylic acid groups (broad SMARTS) is 2. The molecule has 0 bridgehead atoms. The molecular weight excluding hydrogens is 728 g/mol. The fraction of sp³-hybridized carbons (Fsp3) is 0.417. The van der Waals surface area contributed by atoms with Crippen molar-refractivity contribution in [1.29, 1.82) is 0 Å². The summed E-state index contributed by atoms with van der Waals surface area (Å²) in [7, 11) is -3.92. The maximum Gasteiger partial charge on any atom is 0.329 e. The average molecular weight is 775 g/mol. The highest BCUT2D eigenvalue weighted by Crippen LogP contribution is 2.18. The second-order valence-corrected chi connectivity index (χ2v) is 13.2. The van der Waals surface area contributed by atoms with Crippen LogP contribution in [0.15, 0.2) is 71.8 Å². The Morgan fingerprint density at radius 2 is 1.24 bits per heavy atom. The number of benzene rings is 2. The number of rotatable bonds is 28. The molecule has 0 saturated carbocycles. The molecule has 18 heteroatoms. The number of anilines is 1. The van der Waals surface area contributed by atoms with Gasteiger partial charge in [0.15, 0.2) is 0 Å². The summed E-state index contributed by atoms with van der Waals surface area (Å²) in [5.41, 5.74) is 2.26. The summed E-state index contributed by atoms with van der Waals surface area (Å²) in [4.78, 5) is 49.2. The number of aliphatic carboxylic acids is 2. The van der Waals surface area contributed by atoms with E-state index in [1.54, 1.807) is 12.1 Å². The van der Waals surface area contributed by atoms with Crippen LogP contribution in [0.4, 0.5) is 5.82 Å². The Balaban J connectivity index is 1.26. The SMILES string of the molecule is O=C(O)CCCOc1ccc(CCc2ccc(S(=O)(=O)Nc3ccc(C(=O)NCCOCCOCC(=O)NCCOCCOCC(=O)O)cn3)cc2)cc1. The number of pyridine rings is 1. The lowest BCUT2D eigenvalue weighted by atomic mass is 10.0. The van der Waals surface area contributed by atoms with Crippen molar-refractivity contribution in [2.24, 2.45) is 0 Å². The second-order valence-electron chi connectivity index (χ2n) is 11.5. The molecule has 0 aliphatic heterocycles. The molecule has 0 atom stereocenters. The number of nitrogens with zero attached hydrogens (tertiary/aromatic N) is 1. The van der Waals surface area contributed by atoms with Crippen LogP contribution in [-0.4, -0.2) is 120 Å². The number of aromatic nitrogens is 1. The van der Waals surface area contributed by atoms with Crippen LogP contribution in [0.2, 0.25) is 0 Å². The Morgan fingerprint density at radius 3 is 1.83 bits per heavy atom. The first kappa shape index (κ1) is 43.3. The standard InChI is InChI=1S/C36H46N4O13S/c41-33(37-15-18-49-21-23-52-26-35(44)45)25-51-22-20-50-19-16-38-36(46)29-9-14-32(39-24-29)40-54(47,48)31-12-7-28(8-13-31)4-3-27-5-10-30(11-6-27)53-17-1-2-34(42)43/h5-14,24H,1-4,15-23,25-26H2,(H,37,41)(H,38,46)(H,39,40)(H,42,43)(H,44,45). The Morgan fingerprint density at radius 1 is 0.648 bits per heavy atom. The Hall–Kier alpha value is -5.14. The molecule has 17 nitrogen and oxygen atoms in total. The lowest BCUT2D eigenvalue weighted by molar-refractivity contribution is -0.143. The van der Waals surface area contributed by atoms with Crippen LogP contribution in [0.3, 0.4) is 0 Å². The van der Waals surface area contributed by atoms with E-state index < -0.39 is 34.5 Å². The van der Waals surface area contributed by atoms with Gasteiger partial charge in [-0.3, -0.25) is 19.1 Å². The van der Waals surface area contributed by atoms with Gasteiger partial charge in [0, 0.05) is 25.7 Å². The second kappa shape index (κ2) is 24.2. The molecule has 0 aliphatic carbocycles. The van der Waals surface area contributed by atoms with Crippen molar-refractivity contribution in [2.75, 3.05) is 77.3 Å². The summed E-state index contributed by atoms with van der Waals surface area (Å²) >= 11 is 0. The van der Waals surface area contributed by atoms with Crippen LogP contribution in [0.1, 0.15) is 34.3 Å². The summed E-state index contributed by atoms with van der Waals surface area (Å²) < 4.78 is 54.5. The smallest absolute Gasteiger partial charge is 0.329 e. The molecule has 54 heavy (non-hydrogen) atoms. The van der Waals surface area contributed by atoms with Gasteiger partial charge in [0.25, 0.3) is 15.9 Å². The van der Waals surface area contributed by atoms with Gasteiger partial charge in [0.1, 0.15) is 24.8 Å². The van der Waals surface area contributed by atoms with Crippen LogP contribution in [0.5, 0.6) is 5.75 Å². The largest absolute Gasteiger partial charge is 0.494 e. The predicted molar refractivity (Wildman–Crippen MR) is 194 cm³/mol. The number of ether oxygens (including phenoxy) is 5. The van der Waals surface area contributed by atoms with Crippen LogP contribution >= 0.6 is 0 Å². The Kier molecular flexibility index (Phi) is 19.4. The molecule has 5 N–H and O–H groups in total. The Bertz CT molecular complexity index is 1710. The first-order chi connectivity index (χ1) is 26.0. The highest BCUT2D eigenvalue weighted by atomic mass is 32.2. The summed E-state index contributed by atoms with van der Waals surface area (Å²) in [5.74, 6) is -1.94. The lowest BCUT2D eigenvalue weighted by Gasteiger charge is -2.10. The molecule has 1 aromatic heterocycles. The van der Waals surface area contributed by atoms with E-state index in [-0.39, 0.29) is 87.9 Å². The molecule has 0 spiro atoms. The number of hydrogen-bond acceptors (Lipinski definition) is 12. The third-order valence-electron chi connectivity index (χ3n) is 7.23. The number of sulfonamides is 1. The molecule has 3 aromatic rings. The molecule has 0 unspecified atom stereocenters. The fourth-order valence-electron chi connectivity index (χ4n) is 4.49. The molecule has 1 heterocycles. The van der Waals surface area contributed by atoms with E-state index in [1.807, 2.05) is 24.3 Å².